The van der Waals surface area contributed by atoms with Crippen molar-refractivity contribution in [3.8, 4) is 0 Å². The third-order valence-corrected chi connectivity index (χ3v) is 4.36. The van der Waals surface area contributed by atoms with Gasteiger partial charge < -0.3 is 9.80 Å². The highest BCUT2D eigenvalue weighted by Gasteiger charge is 2.28. The molecule has 0 aliphatic carbocycles. The summed E-state index contributed by atoms with van der Waals surface area (Å²) in [5.41, 5.74) is 2.56. The molecule has 0 fully saturated rings. The van der Waals surface area contributed by atoms with Gasteiger partial charge in [0.1, 0.15) is 11.6 Å². The fourth-order valence-electron chi connectivity index (χ4n) is 3.01. The smallest absolute Gasteiger partial charge is 0.255 e. The zero-order chi connectivity index (χ0) is 16.6. The van der Waals surface area contributed by atoms with E-state index in [2.05, 4.69) is 4.98 Å². The van der Waals surface area contributed by atoms with Crippen LogP contribution in [0.1, 0.15) is 34.5 Å². The van der Waals surface area contributed by atoms with Crippen LogP contribution in [0.2, 0.25) is 0 Å². The van der Waals surface area contributed by atoms with Gasteiger partial charge in [0, 0.05) is 26.8 Å². The molecule has 1 aromatic carbocycles. The molecule has 1 aliphatic heterocycles. The molecule has 0 N–H and O–H groups in total. The van der Waals surface area contributed by atoms with Crippen LogP contribution in [0.5, 0.6) is 0 Å². The molecule has 1 aromatic heterocycles. The number of pyridine rings is 1. The molecular formula is C18H20FN3O. The maximum atomic E-state index is 13.5. The summed E-state index contributed by atoms with van der Waals surface area (Å²) in [6.45, 7) is 2.57. The Morgan fingerprint density at radius 1 is 1.30 bits per heavy atom. The van der Waals surface area contributed by atoms with Crippen LogP contribution in [-0.4, -0.2) is 36.4 Å². The molecule has 0 bridgehead atoms. The van der Waals surface area contributed by atoms with E-state index in [-0.39, 0.29) is 17.8 Å². The van der Waals surface area contributed by atoms with Crippen molar-refractivity contribution in [1.29, 1.82) is 0 Å². The predicted molar refractivity (Wildman–Crippen MR) is 88.1 cm³/mol. The van der Waals surface area contributed by atoms with E-state index in [9.17, 15) is 9.18 Å². The van der Waals surface area contributed by atoms with Crippen molar-refractivity contribution in [3.63, 3.8) is 0 Å². The SMILES string of the molecule is C[C@@H]1c2cc(F)ccc2CCN1C(=O)c1ccc(N(C)C)nc1. The van der Waals surface area contributed by atoms with E-state index >= 15 is 0 Å². The Kier molecular flexibility index (Phi) is 4.03. The number of hydrogen-bond acceptors (Lipinski definition) is 3. The molecule has 0 saturated carbocycles. The largest absolute Gasteiger partial charge is 0.363 e. The van der Waals surface area contributed by atoms with E-state index in [1.807, 2.05) is 38.1 Å². The number of nitrogens with zero attached hydrogens (tertiary/aromatic N) is 3. The first-order chi connectivity index (χ1) is 11.0. The topological polar surface area (TPSA) is 36.4 Å². The molecule has 0 saturated heterocycles. The molecule has 0 unspecified atom stereocenters. The first kappa shape index (κ1) is 15.5. The molecule has 2 aromatic rings. The number of halogens is 1. The van der Waals surface area contributed by atoms with Crippen molar-refractivity contribution in [2.45, 2.75) is 19.4 Å². The van der Waals surface area contributed by atoms with Crippen molar-refractivity contribution >= 4 is 11.7 Å². The lowest BCUT2D eigenvalue weighted by molar-refractivity contribution is 0.0677. The Morgan fingerprint density at radius 2 is 2.09 bits per heavy atom. The van der Waals surface area contributed by atoms with Crippen molar-refractivity contribution < 1.29 is 9.18 Å². The Balaban J connectivity index is 1.85. The second kappa shape index (κ2) is 5.99. The highest BCUT2D eigenvalue weighted by molar-refractivity contribution is 5.94. The molecule has 4 nitrogen and oxygen atoms in total. The van der Waals surface area contributed by atoms with Crippen LogP contribution in [0.15, 0.2) is 36.5 Å². The average Bonchev–Trinajstić information content (AvgIpc) is 2.55. The van der Waals surface area contributed by atoms with Crippen LogP contribution in [0.4, 0.5) is 10.2 Å². The van der Waals surface area contributed by atoms with E-state index < -0.39 is 0 Å². The summed E-state index contributed by atoms with van der Waals surface area (Å²) < 4.78 is 13.5. The zero-order valence-electron chi connectivity index (χ0n) is 13.6. The third kappa shape index (κ3) is 2.91. The van der Waals surface area contributed by atoms with Crippen LogP contribution < -0.4 is 4.90 Å². The second-order valence-electron chi connectivity index (χ2n) is 6.07. The fourth-order valence-corrected chi connectivity index (χ4v) is 3.01. The number of amides is 1. The summed E-state index contributed by atoms with van der Waals surface area (Å²) in [5.74, 6) is 0.479. The Hall–Kier alpha value is -2.43. The van der Waals surface area contributed by atoms with Crippen molar-refractivity contribution in [3.05, 3.63) is 59.0 Å². The molecular weight excluding hydrogens is 293 g/mol. The number of anilines is 1. The number of carbonyl (C=O) groups is 1. The van der Waals surface area contributed by atoms with Gasteiger partial charge in [0.2, 0.25) is 0 Å². The number of aromatic nitrogens is 1. The molecule has 0 radical (unpaired) electrons. The number of fused-ring (bicyclic) bond motifs is 1. The minimum Gasteiger partial charge on any atom is -0.363 e. The van der Waals surface area contributed by atoms with Gasteiger partial charge in [0.15, 0.2) is 0 Å². The van der Waals surface area contributed by atoms with Gasteiger partial charge in [-0.15, -0.1) is 0 Å². The summed E-state index contributed by atoms with van der Waals surface area (Å²) >= 11 is 0. The van der Waals surface area contributed by atoms with Crippen LogP contribution in [0.25, 0.3) is 0 Å². The Labute approximate surface area is 135 Å². The predicted octanol–water partition coefficient (Wildman–Crippen LogP) is 3.05. The van der Waals surface area contributed by atoms with Crippen molar-refractivity contribution in [2.24, 2.45) is 0 Å². The average molecular weight is 313 g/mol. The first-order valence-corrected chi connectivity index (χ1v) is 7.70. The lowest BCUT2D eigenvalue weighted by Gasteiger charge is -2.35. The first-order valence-electron chi connectivity index (χ1n) is 7.70. The molecule has 120 valence electrons. The van der Waals surface area contributed by atoms with Crippen LogP contribution in [0.3, 0.4) is 0 Å². The van der Waals surface area contributed by atoms with E-state index in [4.69, 9.17) is 0 Å². The standard InChI is InChI=1S/C18H20FN3O/c1-12-16-10-15(19)6-4-13(16)8-9-22(12)18(23)14-5-7-17(20-11-14)21(2)3/h4-7,10-12H,8-9H2,1-3H3/t12-/m1/s1. The van der Waals surface area contributed by atoms with Crippen LogP contribution >= 0.6 is 0 Å². The van der Waals surface area contributed by atoms with Gasteiger partial charge in [-0.2, -0.15) is 0 Å². The lowest BCUT2D eigenvalue weighted by Crippen LogP contribution is -2.39. The minimum atomic E-state index is -0.262. The number of carbonyl (C=O) groups excluding carboxylic acids is 1. The molecule has 2 heterocycles. The van der Waals surface area contributed by atoms with E-state index in [1.54, 1.807) is 17.2 Å². The van der Waals surface area contributed by atoms with Gasteiger partial charge in [-0.3, -0.25) is 4.79 Å². The van der Waals surface area contributed by atoms with Gasteiger partial charge in [-0.25, -0.2) is 9.37 Å². The van der Waals surface area contributed by atoms with E-state index in [0.29, 0.717) is 12.1 Å². The van der Waals surface area contributed by atoms with Crippen molar-refractivity contribution in [1.82, 2.24) is 9.88 Å². The molecule has 0 spiro atoms. The highest BCUT2D eigenvalue weighted by atomic mass is 19.1. The van der Waals surface area contributed by atoms with E-state index in [1.165, 1.54) is 12.1 Å². The third-order valence-electron chi connectivity index (χ3n) is 4.36. The fraction of sp³-hybridized carbons (Fsp3) is 0.333. The summed E-state index contributed by atoms with van der Waals surface area (Å²) in [6, 6.07) is 8.31. The second-order valence-corrected chi connectivity index (χ2v) is 6.07. The van der Waals surface area contributed by atoms with Gasteiger partial charge in [0.05, 0.1) is 11.6 Å². The summed E-state index contributed by atoms with van der Waals surface area (Å²) in [6.07, 6.45) is 2.35. The highest BCUT2D eigenvalue weighted by Crippen LogP contribution is 2.31. The Bertz CT molecular complexity index is 728. The van der Waals surface area contributed by atoms with E-state index in [0.717, 1.165) is 23.4 Å². The quantitative estimate of drug-likeness (QED) is 0.855. The summed E-state index contributed by atoms with van der Waals surface area (Å²) in [7, 11) is 3.81. The number of rotatable bonds is 2. The lowest BCUT2D eigenvalue weighted by atomic mass is 9.93. The monoisotopic (exact) mass is 313 g/mol. The maximum Gasteiger partial charge on any atom is 0.255 e. The summed E-state index contributed by atoms with van der Waals surface area (Å²) in [4.78, 5) is 20.7. The molecule has 1 atom stereocenters. The number of benzene rings is 1. The van der Waals surface area contributed by atoms with Crippen molar-refractivity contribution in [2.75, 3.05) is 25.5 Å². The summed E-state index contributed by atoms with van der Waals surface area (Å²) in [5, 5.41) is 0. The molecule has 1 aliphatic rings. The normalized spacial score (nSPS) is 16.9. The minimum absolute atomic E-state index is 0.0646. The number of hydrogen-bond donors (Lipinski definition) is 0. The van der Waals surface area contributed by atoms with Gasteiger partial charge >= 0.3 is 0 Å². The molecule has 5 heteroatoms. The van der Waals surface area contributed by atoms with Crippen LogP contribution in [0, 0.1) is 5.82 Å². The Morgan fingerprint density at radius 3 is 2.74 bits per heavy atom. The zero-order valence-corrected chi connectivity index (χ0v) is 13.6. The molecule has 3 rings (SSSR count). The van der Waals surface area contributed by atoms with Crippen LogP contribution in [-0.2, 0) is 6.42 Å². The van der Waals surface area contributed by atoms with Gasteiger partial charge in [-0.1, -0.05) is 6.07 Å². The van der Waals surface area contributed by atoms with Gasteiger partial charge in [0.25, 0.3) is 5.91 Å². The van der Waals surface area contributed by atoms with Gasteiger partial charge in [-0.05, 0) is 48.7 Å². The molecule has 1 amide bonds. The molecule has 23 heavy (non-hydrogen) atoms. The maximum absolute atomic E-state index is 13.5.